The molecule has 1 unspecified atom stereocenters. The molecule has 3 atom stereocenters. The molecule has 0 spiro atoms. The van der Waals surface area contributed by atoms with E-state index in [2.05, 4.69) is 9.97 Å². The van der Waals surface area contributed by atoms with Crippen molar-refractivity contribution in [3.05, 3.63) is 18.6 Å². The quantitative estimate of drug-likeness (QED) is 0.777. The largest absolute Gasteiger partial charge is 0.476 e. The summed E-state index contributed by atoms with van der Waals surface area (Å²) in [5, 5.41) is 19.6. The van der Waals surface area contributed by atoms with Crippen LogP contribution in [0.3, 0.4) is 0 Å². The average Bonchev–Trinajstić information content (AvgIpc) is 2.63. The molecule has 2 N–H and O–H groups in total. The maximum Gasteiger partial charge on any atom is 0.232 e. The molecule has 1 aliphatic rings. The summed E-state index contributed by atoms with van der Waals surface area (Å²) in [7, 11) is 3.95. The van der Waals surface area contributed by atoms with Gasteiger partial charge in [-0.2, -0.15) is 0 Å². The third-order valence-corrected chi connectivity index (χ3v) is 3.45. The van der Waals surface area contributed by atoms with Crippen molar-refractivity contribution < 1.29 is 14.9 Å². The molecule has 1 aliphatic carbocycles. The zero-order valence-corrected chi connectivity index (χ0v) is 11.4. The average molecular weight is 267 g/mol. The van der Waals surface area contributed by atoms with Crippen molar-refractivity contribution >= 4 is 0 Å². The zero-order chi connectivity index (χ0) is 13.9. The molecule has 6 heteroatoms. The van der Waals surface area contributed by atoms with Gasteiger partial charge in [0.15, 0.2) is 0 Å². The second kappa shape index (κ2) is 5.81. The van der Waals surface area contributed by atoms with Crippen LogP contribution in [-0.2, 0) is 0 Å². The summed E-state index contributed by atoms with van der Waals surface area (Å²) in [6.45, 7) is 1.17. The summed E-state index contributed by atoms with van der Waals surface area (Å²) in [5.41, 5.74) is -0.250. The molecule has 1 heterocycles. The molecule has 0 radical (unpaired) electrons. The fraction of sp³-hybridized carbons (Fsp3) is 0.692. The van der Waals surface area contributed by atoms with E-state index in [4.69, 9.17) is 4.74 Å². The highest BCUT2D eigenvalue weighted by Gasteiger charge is 2.45. The first-order chi connectivity index (χ1) is 9.01. The Morgan fingerprint density at radius 1 is 1.32 bits per heavy atom. The van der Waals surface area contributed by atoms with Gasteiger partial charge in [0.05, 0.1) is 25.0 Å². The summed E-state index contributed by atoms with van der Waals surface area (Å²) < 4.78 is 5.67. The van der Waals surface area contributed by atoms with Crippen LogP contribution < -0.4 is 4.74 Å². The minimum Gasteiger partial charge on any atom is -0.476 e. The lowest BCUT2D eigenvalue weighted by Crippen LogP contribution is -2.37. The molecule has 0 amide bonds. The van der Waals surface area contributed by atoms with Gasteiger partial charge in [0, 0.05) is 24.4 Å². The van der Waals surface area contributed by atoms with Crippen LogP contribution in [0.1, 0.15) is 12.8 Å². The van der Waals surface area contributed by atoms with Crippen molar-refractivity contribution in [2.24, 2.45) is 5.41 Å². The molecule has 0 saturated heterocycles. The molecule has 19 heavy (non-hydrogen) atoms. The topological polar surface area (TPSA) is 78.7 Å². The van der Waals surface area contributed by atoms with Gasteiger partial charge in [-0.1, -0.05) is 0 Å². The number of hydrogen-bond acceptors (Lipinski definition) is 6. The molecular formula is C13H21N3O3. The van der Waals surface area contributed by atoms with Crippen LogP contribution in [0.2, 0.25) is 0 Å². The van der Waals surface area contributed by atoms with E-state index in [1.807, 2.05) is 19.0 Å². The lowest BCUT2D eigenvalue weighted by Gasteiger charge is -2.31. The number of aliphatic hydroxyl groups is 2. The Balaban J connectivity index is 2.03. The molecule has 1 aromatic heterocycles. The van der Waals surface area contributed by atoms with Crippen molar-refractivity contribution in [3.8, 4) is 5.88 Å². The summed E-state index contributed by atoms with van der Waals surface area (Å²) in [6, 6.07) is 0. The van der Waals surface area contributed by atoms with E-state index in [0.717, 1.165) is 6.54 Å². The smallest absolute Gasteiger partial charge is 0.232 e. The lowest BCUT2D eigenvalue weighted by atomic mass is 9.86. The van der Waals surface area contributed by atoms with Gasteiger partial charge in [-0.05, 0) is 26.9 Å². The first kappa shape index (κ1) is 14.2. The van der Waals surface area contributed by atoms with Crippen LogP contribution in [0, 0.1) is 5.41 Å². The summed E-state index contributed by atoms with van der Waals surface area (Å²) in [5.74, 6) is 0.469. The molecule has 0 aromatic carbocycles. The number of aliphatic hydroxyl groups excluding tert-OH is 2. The van der Waals surface area contributed by atoms with Crippen LogP contribution in [0.5, 0.6) is 5.88 Å². The number of ether oxygens (including phenoxy) is 1. The summed E-state index contributed by atoms with van der Waals surface area (Å²) in [6.07, 6.45) is 4.44. The van der Waals surface area contributed by atoms with Crippen molar-refractivity contribution in [2.75, 3.05) is 27.2 Å². The highest BCUT2D eigenvalue weighted by atomic mass is 16.5. The van der Waals surface area contributed by atoms with Gasteiger partial charge >= 0.3 is 0 Å². The van der Waals surface area contributed by atoms with E-state index in [0.29, 0.717) is 25.3 Å². The van der Waals surface area contributed by atoms with E-state index in [1.165, 1.54) is 0 Å². The van der Waals surface area contributed by atoms with E-state index in [9.17, 15) is 10.2 Å². The Hall–Kier alpha value is -1.24. The van der Waals surface area contributed by atoms with Gasteiger partial charge < -0.3 is 19.8 Å². The van der Waals surface area contributed by atoms with Gasteiger partial charge in [-0.15, -0.1) is 0 Å². The Bertz CT molecular complexity index is 384. The predicted molar refractivity (Wildman–Crippen MR) is 69.8 cm³/mol. The van der Waals surface area contributed by atoms with Gasteiger partial charge in [-0.3, -0.25) is 4.98 Å². The molecule has 1 fully saturated rings. The minimum absolute atomic E-state index is 0.250. The normalized spacial score (nSPS) is 30.8. The minimum atomic E-state index is -0.676. The second-order valence-corrected chi connectivity index (χ2v) is 5.61. The van der Waals surface area contributed by atoms with Crippen molar-refractivity contribution in [1.29, 1.82) is 0 Å². The first-order valence-electron chi connectivity index (χ1n) is 6.40. The summed E-state index contributed by atoms with van der Waals surface area (Å²) in [4.78, 5) is 10.1. The van der Waals surface area contributed by atoms with Crippen molar-refractivity contribution in [2.45, 2.75) is 25.0 Å². The SMILES string of the molecule is CN(C)CC1(COc2cnccn2)C[C@@H](O)[C@@H](O)C1. The molecule has 106 valence electrons. The number of hydrogen-bond donors (Lipinski definition) is 2. The van der Waals surface area contributed by atoms with Gasteiger partial charge in [0.2, 0.25) is 5.88 Å². The Labute approximate surface area is 113 Å². The predicted octanol–water partition coefficient (Wildman–Crippen LogP) is -0.0810. The van der Waals surface area contributed by atoms with Crippen LogP contribution in [0.15, 0.2) is 18.6 Å². The van der Waals surface area contributed by atoms with Gasteiger partial charge in [0.25, 0.3) is 0 Å². The van der Waals surface area contributed by atoms with Crippen LogP contribution >= 0.6 is 0 Å². The molecule has 2 rings (SSSR count). The highest BCUT2D eigenvalue weighted by molar-refractivity contribution is 5.03. The number of rotatable bonds is 5. The highest BCUT2D eigenvalue weighted by Crippen LogP contribution is 2.39. The monoisotopic (exact) mass is 267 g/mol. The molecule has 1 saturated carbocycles. The molecule has 1 aromatic rings. The maximum atomic E-state index is 9.79. The van der Waals surface area contributed by atoms with Crippen molar-refractivity contribution in [3.63, 3.8) is 0 Å². The Kier molecular flexibility index (Phi) is 4.34. The fourth-order valence-corrected chi connectivity index (χ4v) is 2.79. The lowest BCUT2D eigenvalue weighted by molar-refractivity contribution is 0.0438. The molecule has 0 bridgehead atoms. The molecule has 6 nitrogen and oxygen atoms in total. The number of aromatic nitrogens is 2. The molecule has 0 aliphatic heterocycles. The van der Waals surface area contributed by atoms with E-state index < -0.39 is 12.2 Å². The van der Waals surface area contributed by atoms with Gasteiger partial charge in [0.1, 0.15) is 0 Å². The van der Waals surface area contributed by atoms with Gasteiger partial charge in [-0.25, -0.2) is 4.98 Å². The van der Waals surface area contributed by atoms with Crippen LogP contribution in [0.25, 0.3) is 0 Å². The Morgan fingerprint density at radius 2 is 2.00 bits per heavy atom. The van der Waals surface area contributed by atoms with Crippen LogP contribution in [0.4, 0.5) is 0 Å². The third kappa shape index (κ3) is 3.62. The maximum absolute atomic E-state index is 9.79. The van der Waals surface area contributed by atoms with Crippen LogP contribution in [-0.4, -0.2) is 64.5 Å². The standard InChI is InChI=1S/C13H21N3O3/c1-16(2)8-13(5-10(17)11(18)6-13)9-19-12-7-14-3-4-15-12/h3-4,7,10-11,17-18H,5-6,8-9H2,1-2H3/t10-,11+,13?. The second-order valence-electron chi connectivity index (χ2n) is 5.61. The van der Waals surface area contributed by atoms with Crippen molar-refractivity contribution in [1.82, 2.24) is 14.9 Å². The third-order valence-electron chi connectivity index (χ3n) is 3.45. The first-order valence-corrected chi connectivity index (χ1v) is 6.40. The Morgan fingerprint density at radius 3 is 2.53 bits per heavy atom. The van der Waals surface area contributed by atoms with E-state index >= 15 is 0 Å². The zero-order valence-electron chi connectivity index (χ0n) is 11.4. The van der Waals surface area contributed by atoms with E-state index in [1.54, 1.807) is 18.6 Å². The fourth-order valence-electron chi connectivity index (χ4n) is 2.79. The molecular weight excluding hydrogens is 246 g/mol. The number of nitrogens with zero attached hydrogens (tertiary/aromatic N) is 3. The van der Waals surface area contributed by atoms with E-state index in [-0.39, 0.29) is 5.41 Å². The summed E-state index contributed by atoms with van der Waals surface area (Å²) >= 11 is 0.